The minimum atomic E-state index is -0.544. The van der Waals surface area contributed by atoms with Gasteiger partial charge in [0.05, 0.1) is 19.8 Å². The van der Waals surface area contributed by atoms with E-state index >= 15 is 0 Å². The summed E-state index contributed by atoms with van der Waals surface area (Å²) in [6, 6.07) is 9.76. The molecule has 1 aromatic carbocycles. The first-order valence-corrected chi connectivity index (χ1v) is 8.59. The first-order chi connectivity index (χ1) is 12.0. The molecule has 0 aliphatic heterocycles. The molecule has 0 unspecified atom stereocenters. The average Bonchev–Trinajstić information content (AvgIpc) is 2.95. The van der Waals surface area contributed by atoms with E-state index in [1.165, 1.54) is 14.2 Å². The van der Waals surface area contributed by atoms with Crippen LogP contribution in [0.1, 0.15) is 31.2 Å². The molecule has 1 aromatic heterocycles. The van der Waals surface area contributed by atoms with Gasteiger partial charge in [0.1, 0.15) is 9.88 Å². The van der Waals surface area contributed by atoms with Crippen LogP contribution in [-0.2, 0) is 16.0 Å². The number of benzene rings is 1. The van der Waals surface area contributed by atoms with Crippen molar-refractivity contribution in [1.82, 2.24) is 5.32 Å². The molecule has 0 radical (unpaired) electrons. The molecule has 2 aromatic rings. The van der Waals surface area contributed by atoms with Gasteiger partial charge < -0.3 is 20.1 Å². The van der Waals surface area contributed by atoms with Crippen LogP contribution in [0, 0.1) is 6.92 Å². The molecule has 25 heavy (non-hydrogen) atoms. The summed E-state index contributed by atoms with van der Waals surface area (Å²) < 4.78 is 9.56. The van der Waals surface area contributed by atoms with Crippen LogP contribution in [0.5, 0.6) is 0 Å². The van der Waals surface area contributed by atoms with Crippen LogP contribution in [-0.4, -0.2) is 31.3 Å². The van der Waals surface area contributed by atoms with Crippen molar-refractivity contribution in [3.05, 3.63) is 51.9 Å². The molecule has 0 spiro atoms. The van der Waals surface area contributed by atoms with E-state index < -0.39 is 11.9 Å². The van der Waals surface area contributed by atoms with Gasteiger partial charge in [-0.1, -0.05) is 30.3 Å². The molecule has 132 valence electrons. The number of rotatable bonds is 5. The Labute approximate surface area is 155 Å². The third-order valence-electron chi connectivity index (χ3n) is 3.43. The number of thiophene rings is 1. The summed E-state index contributed by atoms with van der Waals surface area (Å²) in [5.41, 5.74) is 1.84. The summed E-state index contributed by atoms with van der Waals surface area (Å²) in [4.78, 5) is 24.3. The van der Waals surface area contributed by atoms with Crippen molar-refractivity contribution in [2.75, 3.05) is 19.5 Å². The van der Waals surface area contributed by atoms with E-state index in [1.54, 1.807) is 6.92 Å². The van der Waals surface area contributed by atoms with E-state index in [-0.39, 0.29) is 5.56 Å². The maximum Gasteiger partial charge on any atom is 0.348 e. The Hall–Kier alpha value is -2.45. The van der Waals surface area contributed by atoms with Gasteiger partial charge in [-0.05, 0) is 30.3 Å². The van der Waals surface area contributed by atoms with Crippen LogP contribution in [0.25, 0.3) is 0 Å². The lowest BCUT2D eigenvalue weighted by Gasteiger charge is -2.10. The zero-order chi connectivity index (χ0) is 18.4. The fourth-order valence-corrected chi connectivity index (χ4v) is 3.52. The van der Waals surface area contributed by atoms with Crippen LogP contribution >= 0.6 is 23.6 Å². The fraction of sp³-hybridized carbons (Fsp3) is 0.235. The summed E-state index contributed by atoms with van der Waals surface area (Å²) in [7, 11) is 2.57. The topological polar surface area (TPSA) is 76.7 Å². The van der Waals surface area contributed by atoms with Crippen molar-refractivity contribution in [2.45, 2.75) is 13.5 Å². The highest BCUT2D eigenvalue weighted by atomic mass is 32.1. The zero-order valence-electron chi connectivity index (χ0n) is 14.0. The van der Waals surface area contributed by atoms with Crippen LogP contribution in [0.2, 0.25) is 0 Å². The van der Waals surface area contributed by atoms with Crippen molar-refractivity contribution >= 4 is 45.6 Å². The van der Waals surface area contributed by atoms with Gasteiger partial charge in [0.25, 0.3) is 0 Å². The van der Waals surface area contributed by atoms with Gasteiger partial charge in [0, 0.05) is 6.54 Å². The quantitative estimate of drug-likeness (QED) is 0.611. The highest BCUT2D eigenvalue weighted by molar-refractivity contribution is 7.80. The predicted molar refractivity (Wildman–Crippen MR) is 101 cm³/mol. The Morgan fingerprint density at radius 3 is 2.36 bits per heavy atom. The number of hydrogen-bond acceptors (Lipinski definition) is 6. The first kappa shape index (κ1) is 18.9. The fourth-order valence-electron chi connectivity index (χ4n) is 2.16. The summed E-state index contributed by atoms with van der Waals surface area (Å²) in [6.45, 7) is 2.20. The number of anilines is 1. The van der Waals surface area contributed by atoms with Crippen LogP contribution < -0.4 is 10.6 Å². The van der Waals surface area contributed by atoms with E-state index in [0.717, 1.165) is 16.9 Å². The number of thiocarbonyl (C=S) groups is 1. The molecule has 6 nitrogen and oxygen atoms in total. The Bertz CT molecular complexity index is 787. The van der Waals surface area contributed by atoms with Gasteiger partial charge in [0.2, 0.25) is 0 Å². The largest absolute Gasteiger partial charge is 0.465 e. The Morgan fingerprint density at radius 1 is 1.12 bits per heavy atom. The van der Waals surface area contributed by atoms with Gasteiger partial charge in [-0.15, -0.1) is 11.3 Å². The minimum Gasteiger partial charge on any atom is -0.465 e. The molecule has 0 saturated carbocycles. The Morgan fingerprint density at radius 2 is 1.76 bits per heavy atom. The molecule has 8 heteroatoms. The maximum absolute atomic E-state index is 12.1. The molecule has 2 N–H and O–H groups in total. The smallest absolute Gasteiger partial charge is 0.348 e. The number of hydrogen-bond donors (Lipinski definition) is 2. The Kier molecular flexibility index (Phi) is 6.49. The van der Waals surface area contributed by atoms with E-state index in [1.807, 2.05) is 30.3 Å². The van der Waals surface area contributed by atoms with Gasteiger partial charge in [-0.25, -0.2) is 9.59 Å². The van der Waals surface area contributed by atoms with Crippen molar-refractivity contribution < 1.29 is 19.1 Å². The third-order valence-corrected chi connectivity index (χ3v) is 4.86. The molecule has 0 atom stereocenters. The van der Waals surface area contributed by atoms with Crippen LogP contribution in [0.3, 0.4) is 0 Å². The van der Waals surface area contributed by atoms with Crippen LogP contribution in [0.4, 0.5) is 5.00 Å². The normalized spacial score (nSPS) is 10.0. The highest BCUT2D eigenvalue weighted by Crippen LogP contribution is 2.34. The maximum atomic E-state index is 12.1. The second-order valence-electron chi connectivity index (χ2n) is 5.04. The van der Waals surface area contributed by atoms with E-state index in [9.17, 15) is 9.59 Å². The Balaban J connectivity index is 2.18. The van der Waals surface area contributed by atoms with Crippen LogP contribution in [0.15, 0.2) is 30.3 Å². The SMILES string of the molecule is COC(=O)c1sc(NC(=S)NCc2ccccc2)c(C(=O)OC)c1C. The summed E-state index contributed by atoms with van der Waals surface area (Å²) in [6.07, 6.45) is 0. The average molecular weight is 378 g/mol. The lowest BCUT2D eigenvalue weighted by Crippen LogP contribution is -2.28. The molecule has 0 amide bonds. The molecular formula is C17H18N2O4S2. The number of methoxy groups -OCH3 is 2. The first-order valence-electron chi connectivity index (χ1n) is 7.36. The molecule has 1 heterocycles. The number of ether oxygens (including phenoxy) is 2. The van der Waals surface area contributed by atoms with Gasteiger partial charge in [-0.3, -0.25) is 0 Å². The lowest BCUT2D eigenvalue weighted by atomic mass is 10.1. The number of nitrogens with one attached hydrogen (secondary N) is 2. The van der Waals surface area contributed by atoms with E-state index in [2.05, 4.69) is 10.6 Å². The summed E-state index contributed by atoms with van der Waals surface area (Å²) in [5.74, 6) is -1.05. The second-order valence-corrected chi connectivity index (χ2v) is 6.47. The summed E-state index contributed by atoms with van der Waals surface area (Å²) >= 11 is 6.38. The monoisotopic (exact) mass is 378 g/mol. The van der Waals surface area contributed by atoms with Gasteiger partial charge in [0.15, 0.2) is 5.11 Å². The van der Waals surface area contributed by atoms with Crippen molar-refractivity contribution in [2.24, 2.45) is 0 Å². The van der Waals surface area contributed by atoms with Gasteiger partial charge >= 0.3 is 11.9 Å². The van der Waals surface area contributed by atoms with Crippen molar-refractivity contribution in [1.29, 1.82) is 0 Å². The molecule has 0 aliphatic rings. The highest BCUT2D eigenvalue weighted by Gasteiger charge is 2.26. The van der Waals surface area contributed by atoms with E-state index in [4.69, 9.17) is 21.7 Å². The zero-order valence-corrected chi connectivity index (χ0v) is 15.7. The molecular weight excluding hydrogens is 360 g/mol. The van der Waals surface area contributed by atoms with Gasteiger partial charge in [-0.2, -0.15) is 0 Å². The summed E-state index contributed by atoms with van der Waals surface area (Å²) in [5, 5.41) is 6.81. The molecule has 0 fully saturated rings. The van der Waals surface area contributed by atoms with Crippen molar-refractivity contribution in [3.63, 3.8) is 0 Å². The van der Waals surface area contributed by atoms with Crippen molar-refractivity contribution in [3.8, 4) is 0 Å². The molecule has 0 aliphatic carbocycles. The lowest BCUT2D eigenvalue weighted by molar-refractivity contribution is 0.0601. The minimum absolute atomic E-state index is 0.275. The molecule has 2 rings (SSSR count). The van der Waals surface area contributed by atoms with E-state index in [0.29, 0.717) is 27.1 Å². The molecule has 0 bridgehead atoms. The predicted octanol–water partition coefficient (Wildman–Crippen LogP) is 3.12. The number of carbonyl (C=O) groups excluding carboxylic acids is 2. The molecule has 0 saturated heterocycles. The third kappa shape index (κ3) is 4.55. The second kappa shape index (κ2) is 8.59. The number of carbonyl (C=O) groups is 2. The number of esters is 2. The standard InChI is InChI=1S/C17H18N2O4S2/c1-10-12(15(20)22-2)14(25-13(10)16(21)23-3)19-17(24)18-9-11-7-5-4-6-8-11/h4-8H,9H2,1-3H3,(H2,18,19,24).